The Labute approximate surface area is 126 Å². The molecule has 0 spiro atoms. The SMILES string of the molecule is COC(=O)C1CC2Cc3cc(OC)ccc3CC2N(C)C1. The average molecular weight is 289 g/mol. The minimum absolute atomic E-state index is 0.00778. The lowest BCUT2D eigenvalue weighted by atomic mass is 9.73. The van der Waals surface area contributed by atoms with Gasteiger partial charge in [0.05, 0.1) is 20.1 Å². The summed E-state index contributed by atoms with van der Waals surface area (Å²) in [7, 11) is 5.31. The molecule has 0 amide bonds. The van der Waals surface area contributed by atoms with Gasteiger partial charge >= 0.3 is 5.97 Å². The van der Waals surface area contributed by atoms with E-state index in [1.807, 2.05) is 6.07 Å². The fourth-order valence-electron chi connectivity index (χ4n) is 3.95. The molecular weight excluding hydrogens is 266 g/mol. The Morgan fingerprint density at radius 2 is 2.05 bits per heavy atom. The van der Waals surface area contributed by atoms with E-state index in [1.54, 1.807) is 7.11 Å². The number of hydrogen-bond donors (Lipinski definition) is 0. The van der Waals surface area contributed by atoms with Crippen LogP contribution in [0.25, 0.3) is 0 Å². The molecule has 1 aliphatic carbocycles. The van der Waals surface area contributed by atoms with Gasteiger partial charge in [-0.2, -0.15) is 0 Å². The van der Waals surface area contributed by atoms with Crippen LogP contribution in [0.5, 0.6) is 5.75 Å². The van der Waals surface area contributed by atoms with Crippen molar-refractivity contribution in [2.75, 3.05) is 27.8 Å². The molecule has 4 nitrogen and oxygen atoms in total. The normalized spacial score (nSPS) is 28.4. The van der Waals surface area contributed by atoms with E-state index in [1.165, 1.54) is 18.2 Å². The first-order valence-corrected chi connectivity index (χ1v) is 7.56. The zero-order chi connectivity index (χ0) is 15.0. The fraction of sp³-hybridized carbons (Fsp3) is 0.588. The maximum absolute atomic E-state index is 11.9. The molecule has 1 aliphatic heterocycles. The molecule has 114 valence electrons. The van der Waals surface area contributed by atoms with Gasteiger partial charge in [-0.15, -0.1) is 0 Å². The van der Waals surface area contributed by atoms with Crippen molar-refractivity contribution in [3.63, 3.8) is 0 Å². The van der Waals surface area contributed by atoms with E-state index in [0.29, 0.717) is 12.0 Å². The van der Waals surface area contributed by atoms with E-state index >= 15 is 0 Å². The van der Waals surface area contributed by atoms with Gasteiger partial charge in [-0.05, 0) is 55.5 Å². The van der Waals surface area contributed by atoms with Gasteiger partial charge in [0.1, 0.15) is 5.75 Å². The highest BCUT2D eigenvalue weighted by Crippen LogP contribution is 2.37. The molecule has 3 unspecified atom stereocenters. The van der Waals surface area contributed by atoms with Crippen LogP contribution < -0.4 is 4.74 Å². The van der Waals surface area contributed by atoms with Crippen LogP contribution in [0.2, 0.25) is 0 Å². The van der Waals surface area contributed by atoms with Crippen molar-refractivity contribution in [1.82, 2.24) is 4.90 Å². The molecule has 1 aromatic rings. The number of likely N-dealkylation sites (N-methyl/N-ethyl adjacent to an activating group) is 1. The van der Waals surface area contributed by atoms with E-state index in [0.717, 1.165) is 31.6 Å². The molecule has 21 heavy (non-hydrogen) atoms. The minimum atomic E-state index is -0.0725. The van der Waals surface area contributed by atoms with Crippen LogP contribution in [0.15, 0.2) is 18.2 Å². The largest absolute Gasteiger partial charge is 0.497 e. The smallest absolute Gasteiger partial charge is 0.309 e. The number of esters is 1. The first kappa shape index (κ1) is 14.4. The molecule has 1 aromatic carbocycles. The third-order valence-corrected chi connectivity index (χ3v) is 5.07. The Morgan fingerprint density at radius 3 is 2.76 bits per heavy atom. The summed E-state index contributed by atoms with van der Waals surface area (Å²) in [6.07, 6.45) is 3.02. The van der Waals surface area contributed by atoms with Crippen molar-refractivity contribution in [1.29, 1.82) is 0 Å². The first-order chi connectivity index (χ1) is 10.1. The summed E-state index contributed by atoms with van der Waals surface area (Å²) in [5.74, 6) is 1.37. The molecule has 1 heterocycles. The Bertz CT molecular complexity index is 543. The van der Waals surface area contributed by atoms with Crippen LogP contribution in [0.3, 0.4) is 0 Å². The van der Waals surface area contributed by atoms with Crippen molar-refractivity contribution in [3.05, 3.63) is 29.3 Å². The highest BCUT2D eigenvalue weighted by atomic mass is 16.5. The maximum atomic E-state index is 11.9. The van der Waals surface area contributed by atoms with Gasteiger partial charge in [-0.3, -0.25) is 4.79 Å². The lowest BCUT2D eigenvalue weighted by Gasteiger charge is -2.45. The van der Waals surface area contributed by atoms with E-state index in [-0.39, 0.29) is 11.9 Å². The minimum Gasteiger partial charge on any atom is -0.497 e. The summed E-state index contributed by atoms with van der Waals surface area (Å²) in [6, 6.07) is 6.91. The summed E-state index contributed by atoms with van der Waals surface area (Å²) in [6.45, 7) is 0.805. The average Bonchev–Trinajstić information content (AvgIpc) is 2.51. The first-order valence-electron chi connectivity index (χ1n) is 7.56. The highest BCUT2D eigenvalue weighted by molar-refractivity contribution is 5.72. The topological polar surface area (TPSA) is 38.8 Å². The molecule has 2 aliphatic rings. The van der Waals surface area contributed by atoms with Crippen LogP contribution in [-0.4, -0.2) is 44.7 Å². The predicted octanol–water partition coefficient (Wildman–Crippen LogP) is 1.90. The van der Waals surface area contributed by atoms with E-state index in [9.17, 15) is 4.79 Å². The van der Waals surface area contributed by atoms with Gasteiger partial charge in [0, 0.05) is 12.6 Å². The lowest BCUT2D eigenvalue weighted by Crippen LogP contribution is -2.51. The van der Waals surface area contributed by atoms with Crippen LogP contribution in [0.1, 0.15) is 17.5 Å². The van der Waals surface area contributed by atoms with Gasteiger partial charge in [0.15, 0.2) is 0 Å². The number of carbonyl (C=O) groups excluding carboxylic acids is 1. The van der Waals surface area contributed by atoms with Crippen molar-refractivity contribution >= 4 is 5.97 Å². The van der Waals surface area contributed by atoms with Gasteiger partial charge in [0.25, 0.3) is 0 Å². The van der Waals surface area contributed by atoms with Gasteiger partial charge in [-0.1, -0.05) is 6.07 Å². The number of methoxy groups -OCH3 is 2. The number of fused-ring (bicyclic) bond motifs is 2. The lowest BCUT2D eigenvalue weighted by molar-refractivity contribution is -0.149. The van der Waals surface area contributed by atoms with Crippen LogP contribution >= 0.6 is 0 Å². The van der Waals surface area contributed by atoms with Crippen molar-refractivity contribution < 1.29 is 14.3 Å². The quantitative estimate of drug-likeness (QED) is 0.780. The van der Waals surface area contributed by atoms with E-state index in [2.05, 4.69) is 24.1 Å². The van der Waals surface area contributed by atoms with Crippen molar-refractivity contribution in [2.24, 2.45) is 11.8 Å². The molecule has 0 N–H and O–H groups in total. The number of piperidine rings is 1. The zero-order valence-corrected chi connectivity index (χ0v) is 13.0. The Hall–Kier alpha value is -1.55. The summed E-state index contributed by atoms with van der Waals surface area (Å²) < 4.78 is 10.3. The third kappa shape index (κ3) is 2.64. The second-order valence-corrected chi connectivity index (χ2v) is 6.27. The molecule has 4 heteroatoms. The Morgan fingerprint density at radius 1 is 1.24 bits per heavy atom. The van der Waals surface area contributed by atoms with Crippen molar-refractivity contribution in [3.8, 4) is 5.75 Å². The number of hydrogen-bond acceptors (Lipinski definition) is 4. The fourth-order valence-corrected chi connectivity index (χ4v) is 3.95. The van der Waals surface area contributed by atoms with E-state index in [4.69, 9.17) is 9.47 Å². The number of benzene rings is 1. The molecule has 3 rings (SSSR count). The number of likely N-dealkylation sites (tertiary alicyclic amines) is 1. The monoisotopic (exact) mass is 289 g/mol. The summed E-state index contributed by atoms with van der Waals surface area (Å²) in [5.41, 5.74) is 2.79. The van der Waals surface area contributed by atoms with Gasteiger partial charge in [-0.25, -0.2) is 0 Å². The summed E-state index contributed by atoms with van der Waals surface area (Å²) in [4.78, 5) is 14.2. The van der Waals surface area contributed by atoms with Gasteiger partial charge in [0.2, 0.25) is 0 Å². The van der Waals surface area contributed by atoms with Crippen molar-refractivity contribution in [2.45, 2.75) is 25.3 Å². The maximum Gasteiger partial charge on any atom is 0.309 e. The second kappa shape index (κ2) is 5.68. The summed E-state index contributed by atoms with van der Waals surface area (Å²) in [5, 5.41) is 0. The van der Waals surface area contributed by atoms with E-state index < -0.39 is 0 Å². The molecule has 0 aromatic heterocycles. The van der Waals surface area contributed by atoms with Crippen LogP contribution in [0, 0.1) is 11.8 Å². The summed E-state index contributed by atoms with van der Waals surface area (Å²) >= 11 is 0. The molecular formula is C17H23NO3. The molecule has 0 bridgehead atoms. The Kier molecular flexibility index (Phi) is 3.89. The van der Waals surface area contributed by atoms with Gasteiger partial charge < -0.3 is 14.4 Å². The molecule has 1 fully saturated rings. The molecule has 1 saturated heterocycles. The standard InChI is InChI=1S/C17H23NO3/c1-18-10-14(17(19)21-3)7-13-6-12-8-15(20-2)5-4-11(12)9-16(13)18/h4-5,8,13-14,16H,6-7,9-10H2,1-3H3. The molecule has 0 radical (unpaired) electrons. The molecule has 3 atom stereocenters. The highest BCUT2D eigenvalue weighted by Gasteiger charge is 2.40. The number of rotatable bonds is 2. The zero-order valence-electron chi connectivity index (χ0n) is 13.0. The Balaban J connectivity index is 1.83. The molecule has 0 saturated carbocycles. The number of nitrogens with zero attached hydrogens (tertiary/aromatic N) is 1. The second-order valence-electron chi connectivity index (χ2n) is 6.27. The predicted molar refractivity (Wildman–Crippen MR) is 80.4 cm³/mol. The third-order valence-electron chi connectivity index (χ3n) is 5.07. The van der Waals surface area contributed by atoms with Crippen LogP contribution in [-0.2, 0) is 22.4 Å². The number of ether oxygens (including phenoxy) is 2. The van der Waals surface area contributed by atoms with Crippen LogP contribution in [0.4, 0.5) is 0 Å². The number of carbonyl (C=O) groups is 1.